The van der Waals surface area contributed by atoms with Gasteiger partial charge >= 0.3 is 0 Å². The van der Waals surface area contributed by atoms with Crippen LogP contribution in [0.2, 0.25) is 0 Å². The van der Waals surface area contributed by atoms with Gasteiger partial charge in [-0.05, 0) is 17.7 Å². The molecule has 1 amide bonds. The van der Waals surface area contributed by atoms with E-state index < -0.39 is 0 Å². The Balaban J connectivity index is 1.94. The van der Waals surface area contributed by atoms with Crippen LogP contribution in [0.25, 0.3) is 10.4 Å². The van der Waals surface area contributed by atoms with E-state index in [1.165, 1.54) is 11.3 Å². The van der Waals surface area contributed by atoms with Crippen molar-refractivity contribution >= 4 is 22.9 Å². The Bertz CT molecular complexity index is 669. The molecule has 2 aromatic heterocycles. The van der Waals surface area contributed by atoms with Crippen LogP contribution >= 0.6 is 11.3 Å². The summed E-state index contributed by atoms with van der Waals surface area (Å²) in [7, 11) is 0. The highest BCUT2D eigenvalue weighted by molar-refractivity contribution is 7.18. The lowest BCUT2D eigenvalue weighted by Gasteiger charge is -2.28. The van der Waals surface area contributed by atoms with Crippen molar-refractivity contribution in [3.05, 3.63) is 29.4 Å². The van der Waals surface area contributed by atoms with Gasteiger partial charge in [0.05, 0.1) is 11.4 Å². The standard InChI is InChI=1S/C14H13N3O2S/c18-14-13-10-11(19-8-7-17(10)6-5-16-14)12(20-13)9-1-3-15-4-2-9/h1-4H,5-8H2,(H,16,18). The Kier molecular flexibility index (Phi) is 2.63. The van der Waals surface area contributed by atoms with Gasteiger partial charge in [0.15, 0.2) is 5.75 Å². The molecule has 1 N–H and O–H groups in total. The number of carbonyl (C=O) groups is 1. The first kappa shape index (κ1) is 11.7. The average Bonchev–Trinajstić information content (AvgIpc) is 2.80. The maximum atomic E-state index is 12.2. The Morgan fingerprint density at radius 3 is 2.95 bits per heavy atom. The number of hydrogen-bond acceptors (Lipinski definition) is 5. The molecule has 0 aromatic carbocycles. The summed E-state index contributed by atoms with van der Waals surface area (Å²) in [6, 6.07) is 3.89. The van der Waals surface area contributed by atoms with Gasteiger partial charge in [0, 0.05) is 25.5 Å². The number of amides is 1. The Labute approximate surface area is 120 Å². The molecule has 0 saturated heterocycles. The third-order valence-electron chi connectivity index (χ3n) is 3.58. The summed E-state index contributed by atoms with van der Waals surface area (Å²) in [6.07, 6.45) is 3.52. The first-order valence-electron chi connectivity index (χ1n) is 6.58. The molecule has 2 aliphatic rings. The Morgan fingerprint density at radius 1 is 1.25 bits per heavy atom. The van der Waals surface area contributed by atoms with Crippen molar-refractivity contribution < 1.29 is 9.53 Å². The molecule has 4 heterocycles. The summed E-state index contributed by atoms with van der Waals surface area (Å²) in [6.45, 7) is 3.02. The van der Waals surface area contributed by atoms with Crippen LogP contribution < -0.4 is 15.0 Å². The van der Waals surface area contributed by atoms with Gasteiger partial charge in [0.2, 0.25) is 0 Å². The number of hydrogen-bond donors (Lipinski definition) is 1. The lowest BCUT2D eigenvalue weighted by atomic mass is 10.2. The normalized spacial score (nSPS) is 17.0. The number of aromatic nitrogens is 1. The Hall–Kier alpha value is -2.08. The second-order valence-corrected chi connectivity index (χ2v) is 5.79. The summed E-state index contributed by atoms with van der Waals surface area (Å²) in [4.78, 5) is 20.2. The highest BCUT2D eigenvalue weighted by Crippen LogP contribution is 2.49. The van der Waals surface area contributed by atoms with Crippen molar-refractivity contribution in [1.82, 2.24) is 10.3 Å². The summed E-state index contributed by atoms with van der Waals surface area (Å²) in [5, 5.41) is 2.95. The van der Waals surface area contributed by atoms with Gasteiger partial charge in [0.25, 0.3) is 5.91 Å². The van der Waals surface area contributed by atoms with Gasteiger partial charge < -0.3 is 15.0 Å². The first-order chi connectivity index (χ1) is 9.84. The summed E-state index contributed by atoms with van der Waals surface area (Å²) >= 11 is 1.50. The number of nitrogens with one attached hydrogen (secondary N) is 1. The van der Waals surface area contributed by atoms with E-state index in [4.69, 9.17) is 4.74 Å². The van der Waals surface area contributed by atoms with E-state index in [1.807, 2.05) is 12.1 Å². The second kappa shape index (κ2) is 4.49. The molecule has 0 saturated carbocycles. The summed E-state index contributed by atoms with van der Waals surface area (Å²) < 4.78 is 5.87. The maximum absolute atomic E-state index is 12.2. The molecule has 2 aromatic rings. The van der Waals surface area contributed by atoms with E-state index in [-0.39, 0.29) is 5.91 Å². The minimum Gasteiger partial charge on any atom is -0.488 e. The van der Waals surface area contributed by atoms with Crippen molar-refractivity contribution in [2.75, 3.05) is 31.1 Å². The predicted molar refractivity (Wildman–Crippen MR) is 77.6 cm³/mol. The van der Waals surface area contributed by atoms with Gasteiger partial charge in [-0.3, -0.25) is 9.78 Å². The SMILES string of the molecule is O=C1NCCN2CCOc3c(-c4ccncc4)sc1c32. The van der Waals surface area contributed by atoms with Crippen molar-refractivity contribution in [3.8, 4) is 16.2 Å². The fourth-order valence-electron chi connectivity index (χ4n) is 2.65. The van der Waals surface area contributed by atoms with Crippen molar-refractivity contribution in [2.45, 2.75) is 0 Å². The zero-order valence-electron chi connectivity index (χ0n) is 10.8. The molecule has 20 heavy (non-hydrogen) atoms. The molecule has 2 aliphatic heterocycles. The van der Waals surface area contributed by atoms with E-state index in [9.17, 15) is 4.79 Å². The van der Waals surface area contributed by atoms with E-state index in [2.05, 4.69) is 15.2 Å². The number of anilines is 1. The monoisotopic (exact) mass is 287 g/mol. The number of pyridine rings is 1. The summed E-state index contributed by atoms with van der Waals surface area (Å²) in [5.41, 5.74) is 2.01. The molecule has 5 nitrogen and oxygen atoms in total. The molecular weight excluding hydrogens is 274 g/mol. The number of ether oxygens (including phenoxy) is 1. The van der Waals surface area contributed by atoms with Crippen LogP contribution in [0.5, 0.6) is 5.75 Å². The predicted octanol–water partition coefficient (Wildman–Crippen LogP) is 1.75. The topological polar surface area (TPSA) is 54.5 Å². The van der Waals surface area contributed by atoms with Crippen LogP contribution in [0.15, 0.2) is 24.5 Å². The van der Waals surface area contributed by atoms with Crippen molar-refractivity contribution in [3.63, 3.8) is 0 Å². The minimum atomic E-state index is -0.000411. The number of carbonyl (C=O) groups excluding carboxylic acids is 1. The molecule has 0 atom stereocenters. The number of nitrogens with zero attached hydrogens (tertiary/aromatic N) is 2. The van der Waals surface area contributed by atoms with E-state index in [0.717, 1.165) is 39.8 Å². The quantitative estimate of drug-likeness (QED) is 0.868. The Morgan fingerprint density at radius 2 is 2.10 bits per heavy atom. The molecular formula is C14H13N3O2S. The fourth-order valence-corrected chi connectivity index (χ4v) is 3.84. The van der Waals surface area contributed by atoms with Crippen LogP contribution in [0, 0.1) is 0 Å². The molecule has 4 rings (SSSR count). The van der Waals surface area contributed by atoms with Crippen molar-refractivity contribution in [2.24, 2.45) is 0 Å². The molecule has 0 radical (unpaired) electrons. The van der Waals surface area contributed by atoms with E-state index >= 15 is 0 Å². The highest BCUT2D eigenvalue weighted by atomic mass is 32.1. The third-order valence-corrected chi connectivity index (χ3v) is 4.79. The van der Waals surface area contributed by atoms with Gasteiger partial charge in [-0.2, -0.15) is 0 Å². The summed E-state index contributed by atoms with van der Waals surface area (Å²) in [5.74, 6) is 0.846. The van der Waals surface area contributed by atoms with Gasteiger partial charge in [0.1, 0.15) is 17.2 Å². The average molecular weight is 287 g/mol. The zero-order valence-corrected chi connectivity index (χ0v) is 11.6. The second-order valence-electron chi connectivity index (χ2n) is 4.77. The zero-order chi connectivity index (χ0) is 13.5. The minimum absolute atomic E-state index is 0.000411. The lowest BCUT2D eigenvalue weighted by molar-refractivity contribution is 0.0961. The van der Waals surface area contributed by atoms with Crippen LogP contribution in [0.1, 0.15) is 9.67 Å². The molecule has 6 heteroatoms. The van der Waals surface area contributed by atoms with Gasteiger partial charge in [-0.1, -0.05) is 0 Å². The number of thiophene rings is 1. The smallest absolute Gasteiger partial charge is 0.263 e. The molecule has 0 unspecified atom stereocenters. The van der Waals surface area contributed by atoms with Crippen LogP contribution in [-0.4, -0.2) is 37.1 Å². The van der Waals surface area contributed by atoms with Gasteiger partial charge in [-0.15, -0.1) is 11.3 Å². The molecule has 0 aliphatic carbocycles. The molecule has 0 fully saturated rings. The highest BCUT2D eigenvalue weighted by Gasteiger charge is 2.33. The largest absolute Gasteiger partial charge is 0.488 e. The van der Waals surface area contributed by atoms with Crippen molar-refractivity contribution in [1.29, 1.82) is 0 Å². The van der Waals surface area contributed by atoms with Gasteiger partial charge in [-0.25, -0.2) is 0 Å². The fraction of sp³-hybridized carbons (Fsp3) is 0.286. The van der Waals surface area contributed by atoms with Crippen LogP contribution in [0.3, 0.4) is 0 Å². The van der Waals surface area contributed by atoms with Crippen LogP contribution in [0.4, 0.5) is 5.69 Å². The molecule has 102 valence electrons. The third kappa shape index (κ3) is 1.68. The van der Waals surface area contributed by atoms with E-state index in [1.54, 1.807) is 12.4 Å². The maximum Gasteiger partial charge on any atom is 0.263 e. The molecule has 0 spiro atoms. The first-order valence-corrected chi connectivity index (χ1v) is 7.39. The van der Waals surface area contributed by atoms with Crippen LogP contribution in [-0.2, 0) is 0 Å². The lowest BCUT2D eigenvalue weighted by Crippen LogP contribution is -2.35. The van der Waals surface area contributed by atoms with E-state index in [0.29, 0.717) is 13.2 Å². The molecule has 0 bridgehead atoms. The number of rotatable bonds is 1.